The Kier molecular flexibility index (Phi) is 3.92. The number of carbonyl (C=O) groups is 1. The van der Waals surface area contributed by atoms with Gasteiger partial charge in [0, 0.05) is 18.5 Å². The molecule has 0 N–H and O–H groups in total. The molecule has 0 radical (unpaired) electrons. The highest BCUT2D eigenvalue weighted by molar-refractivity contribution is 5.49. The van der Waals surface area contributed by atoms with E-state index in [1.54, 1.807) is 0 Å². The van der Waals surface area contributed by atoms with Crippen LogP contribution in [-0.2, 0) is 4.79 Å². The Morgan fingerprint density at radius 1 is 1.24 bits per heavy atom. The molecule has 1 saturated heterocycles. The second-order valence-corrected chi connectivity index (χ2v) is 7.02. The molecule has 1 saturated carbocycles. The maximum absolute atomic E-state index is 10.7. The predicted octanol–water partition coefficient (Wildman–Crippen LogP) is 3.59. The summed E-state index contributed by atoms with van der Waals surface area (Å²) < 4.78 is 6.28. The van der Waals surface area contributed by atoms with E-state index in [9.17, 15) is 4.79 Å². The second-order valence-electron chi connectivity index (χ2n) is 7.02. The van der Waals surface area contributed by atoms with Crippen LogP contribution in [-0.4, -0.2) is 30.5 Å². The van der Waals surface area contributed by atoms with E-state index in [1.165, 1.54) is 18.4 Å². The van der Waals surface area contributed by atoms with Gasteiger partial charge in [0.15, 0.2) is 0 Å². The summed E-state index contributed by atoms with van der Waals surface area (Å²) in [5.41, 5.74) is 1.70. The Hall–Kier alpha value is -1.51. The molecule has 3 rings (SSSR count). The van der Waals surface area contributed by atoms with E-state index in [0.717, 1.165) is 38.1 Å². The molecule has 114 valence electrons. The molecule has 1 aromatic carbocycles. The number of ether oxygens (including phenoxy) is 1. The lowest BCUT2D eigenvalue weighted by Gasteiger charge is -2.52. The van der Waals surface area contributed by atoms with Crippen LogP contribution in [0, 0.1) is 5.41 Å². The van der Waals surface area contributed by atoms with Crippen molar-refractivity contribution in [3.63, 3.8) is 0 Å². The molecule has 0 bridgehead atoms. The van der Waals surface area contributed by atoms with Crippen molar-refractivity contribution >= 4 is 6.41 Å². The first-order valence-corrected chi connectivity index (χ1v) is 8.07. The van der Waals surface area contributed by atoms with E-state index in [0.29, 0.717) is 17.4 Å². The molecule has 1 spiro atoms. The average molecular weight is 287 g/mol. The summed E-state index contributed by atoms with van der Waals surface area (Å²) in [6, 6.07) is 8.40. The van der Waals surface area contributed by atoms with Gasteiger partial charge in [-0.1, -0.05) is 32.0 Å². The Balaban J connectivity index is 1.58. The molecule has 21 heavy (non-hydrogen) atoms. The van der Waals surface area contributed by atoms with Gasteiger partial charge < -0.3 is 9.64 Å². The first-order valence-electron chi connectivity index (χ1n) is 8.07. The van der Waals surface area contributed by atoms with Crippen LogP contribution in [0.4, 0.5) is 0 Å². The lowest BCUT2D eigenvalue weighted by atomic mass is 9.68. The first-order chi connectivity index (χ1) is 10.1. The Bertz CT molecular complexity index is 496. The van der Waals surface area contributed by atoms with Crippen molar-refractivity contribution in [2.24, 2.45) is 5.41 Å². The van der Waals surface area contributed by atoms with Crippen LogP contribution in [0.1, 0.15) is 51.0 Å². The van der Waals surface area contributed by atoms with Crippen LogP contribution in [0.25, 0.3) is 0 Å². The average Bonchev–Trinajstić information content (AvgIpc) is 2.46. The fourth-order valence-electron chi connectivity index (χ4n) is 3.77. The third-order valence-electron chi connectivity index (χ3n) is 5.05. The number of rotatable bonds is 4. The zero-order chi connectivity index (χ0) is 14.9. The van der Waals surface area contributed by atoms with Crippen LogP contribution >= 0.6 is 0 Å². The molecule has 3 nitrogen and oxygen atoms in total. The smallest absolute Gasteiger partial charge is 0.209 e. The van der Waals surface area contributed by atoms with E-state index >= 15 is 0 Å². The standard InChI is InChI=1S/C18H25NO2/c1-14(2)16-5-3-4-6-17(16)21-15-7-9-18(10-8-15)11-19(12-18)13-20/h3-6,13-15H,7-12H2,1-2H3. The number of nitrogens with zero attached hydrogens (tertiary/aromatic N) is 1. The van der Waals surface area contributed by atoms with Crippen molar-refractivity contribution in [1.82, 2.24) is 4.90 Å². The zero-order valence-electron chi connectivity index (χ0n) is 13.0. The van der Waals surface area contributed by atoms with Crippen molar-refractivity contribution in [3.05, 3.63) is 29.8 Å². The molecule has 3 heteroatoms. The van der Waals surface area contributed by atoms with Gasteiger partial charge in [0.2, 0.25) is 6.41 Å². The van der Waals surface area contributed by atoms with Gasteiger partial charge in [-0.25, -0.2) is 0 Å². The molecule has 1 heterocycles. The van der Waals surface area contributed by atoms with Gasteiger partial charge >= 0.3 is 0 Å². The summed E-state index contributed by atoms with van der Waals surface area (Å²) in [7, 11) is 0. The molecule has 2 fully saturated rings. The summed E-state index contributed by atoms with van der Waals surface area (Å²) >= 11 is 0. The quantitative estimate of drug-likeness (QED) is 0.792. The lowest BCUT2D eigenvalue weighted by molar-refractivity contribution is -0.132. The Morgan fingerprint density at radius 2 is 1.90 bits per heavy atom. The molecule has 2 aliphatic rings. The van der Waals surface area contributed by atoms with Crippen molar-refractivity contribution in [2.45, 2.75) is 51.6 Å². The van der Waals surface area contributed by atoms with Gasteiger partial charge in [0.1, 0.15) is 5.75 Å². The maximum atomic E-state index is 10.7. The summed E-state index contributed by atoms with van der Waals surface area (Å²) in [6.45, 7) is 6.32. The third-order valence-corrected chi connectivity index (χ3v) is 5.05. The van der Waals surface area contributed by atoms with E-state index in [2.05, 4.69) is 38.1 Å². The monoisotopic (exact) mass is 287 g/mol. The summed E-state index contributed by atoms with van der Waals surface area (Å²) in [6.07, 6.45) is 5.91. The summed E-state index contributed by atoms with van der Waals surface area (Å²) in [4.78, 5) is 12.6. The zero-order valence-corrected chi connectivity index (χ0v) is 13.0. The minimum atomic E-state index is 0.334. The van der Waals surface area contributed by atoms with E-state index in [1.807, 2.05) is 4.90 Å². The fourth-order valence-corrected chi connectivity index (χ4v) is 3.77. The predicted molar refractivity (Wildman–Crippen MR) is 83.5 cm³/mol. The number of amides is 1. The van der Waals surface area contributed by atoms with Gasteiger partial charge in [0.25, 0.3) is 0 Å². The molecule has 0 atom stereocenters. The molecule has 1 aliphatic heterocycles. The molecule has 1 aromatic rings. The van der Waals surface area contributed by atoms with Gasteiger partial charge in [0.05, 0.1) is 6.10 Å². The van der Waals surface area contributed by atoms with Crippen molar-refractivity contribution < 1.29 is 9.53 Å². The lowest BCUT2D eigenvalue weighted by Crippen LogP contribution is -2.57. The van der Waals surface area contributed by atoms with Crippen LogP contribution in [0.15, 0.2) is 24.3 Å². The number of benzene rings is 1. The number of para-hydroxylation sites is 1. The van der Waals surface area contributed by atoms with Gasteiger partial charge in [-0.15, -0.1) is 0 Å². The molecular formula is C18H25NO2. The van der Waals surface area contributed by atoms with Gasteiger partial charge in [-0.05, 0) is 43.2 Å². The fraction of sp³-hybridized carbons (Fsp3) is 0.611. The minimum Gasteiger partial charge on any atom is -0.490 e. The highest BCUT2D eigenvalue weighted by Crippen LogP contribution is 2.44. The van der Waals surface area contributed by atoms with E-state index < -0.39 is 0 Å². The van der Waals surface area contributed by atoms with Crippen LogP contribution in [0.3, 0.4) is 0 Å². The van der Waals surface area contributed by atoms with E-state index in [4.69, 9.17) is 4.74 Å². The molecule has 0 aromatic heterocycles. The highest BCUT2D eigenvalue weighted by Gasteiger charge is 2.45. The van der Waals surface area contributed by atoms with Crippen LogP contribution < -0.4 is 4.74 Å². The first kappa shape index (κ1) is 14.4. The number of hydrogen-bond donors (Lipinski definition) is 0. The normalized spacial score (nSPS) is 21.4. The molecule has 1 aliphatic carbocycles. The van der Waals surface area contributed by atoms with Crippen LogP contribution in [0.2, 0.25) is 0 Å². The molecular weight excluding hydrogens is 262 g/mol. The van der Waals surface area contributed by atoms with Crippen LogP contribution in [0.5, 0.6) is 5.75 Å². The number of hydrogen-bond acceptors (Lipinski definition) is 2. The SMILES string of the molecule is CC(C)c1ccccc1OC1CCC2(CC1)CN(C=O)C2. The van der Waals surface area contributed by atoms with Crippen molar-refractivity contribution in [3.8, 4) is 5.75 Å². The number of likely N-dealkylation sites (tertiary alicyclic amines) is 1. The topological polar surface area (TPSA) is 29.5 Å². The Morgan fingerprint density at radius 3 is 2.52 bits per heavy atom. The molecule has 0 unspecified atom stereocenters. The third kappa shape index (κ3) is 2.92. The largest absolute Gasteiger partial charge is 0.490 e. The maximum Gasteiger partial charge on any atom is 0.209 e. The summed E-state index contributed by atoms with van der Waals surface area (Å²) in [5, 5.41) is 0. The summed E-state index contributed by atoms with van der Waals surface area (Å²) in [5.74, 6) is 1.54. The Labute approximate surface area is 127 Å². The van der Waals surface area contributed by atoms with E-state index in [-0.39, 0.29) is 0 Å². The number of carbonyl (C=O) groups excluding carboxylic acids is 1. The van der Waals surface area contributed by atoms with Gasteiger partial charge in [-0.2, -0.15) is 0 Å². The van der Waals surface area contributed by atoms with Gasteiger partial charge in [-0.3, -0.25) is 4.79 Å². The molecule has 1 amide bonds. The minimum absolute atomic E-state index is 0.334. The van der Waals surface area contributed by atoms with Crippen molar-refractivity contribution in [1.29, 1.82) is 0 Å². The second kappa shape index (κ2) is 5.70. The van der Waals surface area contributed by atoms with Crippen molar-refractivity contribution in [2.75, 3.05) is 13.1 Å². The highest BCUT2D eigenvalue weighted by atomic mass is 16.5.